The average molecular weight is 268 g/mol. The van der Waals surface area contributed by atoms with Gasteiger partial charge in [-0.2, -0.15) is 0 Å². The zero-order chi connectivity index (χ0) is 13.8. The second-order valence-electron chi connectivity index (χ2n) is 4.22. The second-order valence-corrected chi connectivity index (χ2v) is 4.22. The molecule has 1 N–H and O–H groups in total. The summed E-state index contributed by atoms with van der Waals surface area (Å²) in [4.78, 5) is 10.9. The Bertz CT molecular complexity index is 730. The van der Waals surface area contributed by atoms with Crippen LogP contribution in [0.5, 0.6) is 5.75 Å². The Morgan fingerprint density at radius 2 is 1.80 bits per heavy atom. The van der Waals surface area contributed by atoms with Gasteiger partial charge in [0.15, 0.2) is 0 Å². The lowest BCUT2D eigenvalue weighted by Crippen LogP contribution is -1.94. The predicted octanol–water partition coefficient (Wildman–Crippen LogP) is 2.61. The van der Waals surface area contributed by atoms with E-state index < -0.39 is 5.76 Å². The van der Waals surface area contributed by atoms with Crippen molar-refractivity contribution in [2.75, 3.05) is 0 Å². The van der Waals surface area contributed by atoms with Crippen molar-refractivity contribution >= 4 is 0 Å². The molecule has 3 aromatic rings. The quantitative estimate of drug-likeness (QED) is 0.789. The van der Waals surface area contributed by atoms with E-state index in [1.54, 1.807) is 12.1 Å². The molecule has 2 aromatic carbocycles. The van der Waals surface area contributed by atoms with Crippen LogP contribution < -0.4 is 10.5 Å². The number of aromatic amines is 1. The van der Waals surface area contributed by atoms with Gasteiger partial charge < -0.3 is 9.15 Å². The standard InChI is InChI=1S/C15H12N2O3/c18-15-17-16-14(20-15)12-6-8-13(9-7-12)19-10-11-4-2-1-3-5-11/h1-9H,10H2,(H,17,18). The summed E-state index contributed by atoms with van der Waals surface area (Å²) in [5.41, 5.74) is 1.82. The van der Waals surface area contributed by atoms with Gasteiger partial charge >= 0.3 is 5.76 Å². The highest BCUT2D eigenvalue weighted by molar-refractivity contribution is 5.53. The van der Waals surface area contributed by atoms with Crippen molar-refractivity contribution in [3.8, 4) is 17.2 Å². The SMILES string of the molecule is O=c1[nH]nc(-c2ccc(OCc3ccccc3)cc2)o1. The van der Waals surface area contributed by atoms with Crippen LogP contribution >= 0.6 is 0 Å². The molecule has 0 atom stereocenters. The van der Waals surface area contributed by atoms with E-state index in [1.807, 2.05) is 42.5 Å². The number of benzene rings is 2. The summed E-state index contributed by atoms with van der Waals surface area (Å²) in [6.07, 6.45) is 0. The lowest BCUT2D eigenvalue weighted by atomic mass is 10.2. The number of H-pyrrole nitrogens is 1. The first-order valence-electron chi connectivity index (χ1n) is 6.14. The number of aromatic nitrogens is 2. The summed E-state index contributed by atoms with van der Waals surface area (Å²) in [5, 5.41) is 5.99. The fourth-order valence-corrected chi connectivity index (χ4v) is 1.79. The van der Waals surface area contributed by atoms with Crippen LogP contribution in [0.1, 0.15) is 5.56 Å². The van der Waals surface area contributed by atoms with Gasteiger partial charge in [-0.15, -0.1) is 5.10 Å². The molecule has 5 heteroatoms. The lowest BCUT2D eigenvalue weighted by Gasteiger charge is -2.06. The van der Waals surface area contributed by atoms with Crippen LogP contribution in [0.2, 0.25) is 0 Å². The van der Waals surface area contributed by atoms with Crippen LogP contribution in [0, 0.1) is 0 Å². The number of ether oxygens (including phenoxy) is 1. The first kappa shape index (κ1) is 12.2. The molecule has 0 saturated heterocycles. The van der Waals surface area contributed by atoms with E-state index in [0.29, 0.717) is 6.61 Å². The molecular weight excluding hydrogens is 256 g/mol. The summed E-state index contributed by atoms with van der Waals surface area (Å²) in [7, 11) is 0. The third kappa shape index (κ3) is 2.77. The minimum atomic E-state index is -0.565. The first-order valence-corrected chi connectivity index (χ1v) is 6.14. The van der Waals surface area contributed by atoms with Gasteiger partial charge in [-0.05, 0) is 29.8 Å². The number of rotatable bonds is 4. The Morgan fingerprint density at radius 1 is 1.05 bits per heavy atom. The van der Waals surface area contributed by atoms with Crippen molar-refractivity contribution in [1.29, 1.82) is 0 Å². The van der Waals surface area contributed by atoms with E-state index in [2.05, 4.69) is 10.2 Å². The van der Waals surface area contributed by atoms with Crippen LogP contribution in [0.4, 0.5) is 0 Å². The maximum atomic E-state index is 10.9. The van der Waals surface area contributed by atoms with Gasteiger partial charge in [0.05, 0.1) is 0 Å². The number of hydrogen-bond acceptors (Lipinski definition) is 4. The fraction of sp³-hybridized carbons (Fsp3) is 0.0667. The zero-order valence-electron chi connectivity index (χ0n) is 10.6. The van der Waals surface area contributed by atoms with Crippen molar-refractivity contribution in [1.82, 2.24) is 10.2 Å². The number of nitrogens with zero attached hydrogens (tertiary/aromatic N) is 1. The Hall–Kier alpha value is -2.82. The molecule has 0 bridgehead atoms. The molecular formula is C15H12N2O3. The average Bonchev–Trinajstić information content (AvgIpc) is 2.93. The molecule has 0 spiro atoms. The van der Waals surface area contributed by atoms with Crippen LogP contribution in [0.25, 0.3) is 11.5 Å². The van der Waals surface area contributed by atoms with Crippen LogP contribution in [0.3, 0.4) is 0 Å². The van der Waals surface area contributed by atoms with Gasteiger partial charge in [0.2, 0.25) is 5.89 Å². The monoisotopic (exact) mass is 268 g/mol. The maximum Gasteiger partial charge on any atom is 0.434 e. The van der Waals surface area contributed by atoms with Crippen molar-refractivity contribution in [3.63, 3.8) is 0 Å². The molecule has 20 heavy (non-hydrogen) atoms. The van der Waals surface area contributed by atoms with E-state index in [4.69, 9.17) is 9.15 Å². The Balaban J connectivity index is 1.69. The molecule has 0 aliphatic heterocycles. The van der Waals surface area contributed by atoms with Gasteiger partial charge in [-0.1, -0.05) is 30.3 Å². The lowest BCUT2D eigenvalue weighted by molar-refractivity contribution is 0.306. The highest BCUT2D eigenvalue weighted by Gasteiger charge is 2.05. The highest BCUT2D eigenvalue weighted by Crippen LogP contribution is 2.20. The Morgan fingerprint density at radius 3 is 2.45 bits per heavy atom. The van der Waals surface area contributed by atoms with Crippen LogP contribution in [-0.4, -0.2) is 10.2 Å². The minimum absolute atomic E-state index is 0.268. The smallest absolute Gasteiger partial charge is 0.434 e. The molecule has 0 radical (unpaired) electrons. The molecule has 0 aliphatic rings. The zero-order valence-corrected chi connectivity index (χ0v) is 10.6. The minimum Gasteiger partial charge on any atom is -0.489 e. The summed E-state index contributed by atoms with van der Waals surface area (Å²) >= 11 is 0. The van der Waals surface area contributed by atoms with E-state index in [1.165, 1.54) is 0 Å². The Labute approximate surface area is 114 Å². The topological polar surface area (TPSA) is 68.1 Å². The largest absolute Gasteiger partial charge is 0.489 e. The number of hydrogen-bond donors (Lipinski definition) is 1. The van der Waals surface area contributed by atoms with E-state index >= 15 is 0 Å². The van der Waals surface area contributed by atoms with E-state index in [0.717, 1.165) is 16.9 Å². The summed E-state index contributed by atoms with van der Waals surface area (Å²) in [6, 6.07) is 17.1. The van der Waals surface area contributed by atoms with Gasteiger partial charge in [-0.3, -0.25) is 0 Å². The van der Waals surface area contributed by atoms with Gasteiger partial charge in [0.25, 0.3) is 0 Å². The Kier molecular flexibility index (Phi) is 3.33. The molecule has 1 heterocycles. The van der Waals surface area contributed by atoms with Crippen molar-refractivity contribution in [3.05, 3.63) is 70.7 Å². The van der Waals surface area contributed by atoms with E-state index in [9.17, 15) is 4.79 Å². The van der Waals surface area contributed by atoms with Crippen molar-refractivity contribution in [2.45, 2.75) is 6.61 Å². The molecule has 0 saturated carbocycles. The molecule has 0 fully saturated rings. The third-order valence-corrected chi connectivity index (χ3v) is 2.79. The molecule has 5 nitrogen and oxygen atoms in total. The predicted molar refractivity (Wildman–Crippen MR) is 73.3 cm³/mol. The maximum absolute atomic E-state index is 10.9. The van der Waals surface area contributed by atoms with Gasteiger partial charge in [0, 0.05) is 5.56 Å². The van der Waals surface area contributed by atoms with Crippen LogP contribution in [-0.2, 0) is 6.61 Å². The van der Waals surface area contributed by atoms with Crippen molar-refractivity contribution in [2.24, 2.45) is 0 Å². The fourth-order valence-electron chi connectivity index (χ4n) is 1.79. The molecule has 1 aromatic heterocycles. The van der Waals surface area contributed by atoms with Crippen molar-refractivity contribution < 1.29 is 9.15 Å². The van der Waals surface area contributed by atoms with Gasteiger partial charge in [-0.25, -0.2) is 9.89 Å². The highest BCUT2D eigenvalue weighted by atomic mass is 16.5. The summed E-state index contributed by atoms with van der Waals surface area (Å²) in [5.74, 6) is 0.449. The first-order chi connectivity index (χ1) is 9.81. The molecule has 100 valence electrons. The number of nitrogens with one attached hydrogen (secondary N) is 1. The molecule has 0 unspecified atom stereocenters. The van der Waals surface area contributed by atoms with Gasteiger partial charge in [0.1, 0.15) is 12.4 Å². The third-order valence-electron chi connectivity index (χ3n) is 2.79. The summed E-state index contributed by atoms with van der Waals surface area (Å²) < 4.78 is 10.5. The normalized spacial score (nSPS) is 10.4. The van der Waals surface area contributed by atoms with E-state index in [-0.39, 0.29) is 5.89 Å². The second kappa shape index (κ2) is 5.44. The molecule has 3 rings (SSSR count). The van der Waals surface area contributed by atoms with Crippen LogP contribution in [0.15, 0.2) is 63.8 Å². The molecule has 0 aliphatic carbocycles. The summed E-state index contributed by atoms with van der Waals surface area (Å²) in [6.45, 7) is 0.512. The molecule has 0 amide bonds.